The van der Waals surface area contributed by atoms with Crippen LogP contribution in [0, 0.1) is 5.92 Å². The number of piperidine rings is 2. The van der Waals surface area contributed by atoms with E-state index in [0.717, 1.165) is 81.4 Å². The average molecular weight is 820 g/mol. The van der Waals surface area contributed by atoms with Gasteiger partial charge >= 0.3 is 0 Å². The molecule has 3 aromatic heterocycles. The number of hydrogen-bond donors (Lipinski definition) is 4. The molecule has 59 heavy (non-hydrogen) atoms. The predicted octanol–water partition coefficient (Wildman–Crippen LogP) is 5.04. The standard InChI is InChI=1S/C43H50ClN11O4/c1-4-18-54-41(58)32-26-45-42(50-39(32)55(54)37-7-5-6-36(48-37)43(2,3)59)47-29-8-11-31(12-9-29)52-23-21-51(22-24-52)27-28-16-19-53(20-17-28)35-14-10-30(25-33(35)44)46-34-13-15-38(56)49-40(34)57/h4-12,14,25-26,28,34,46,59H,1,13,15-24,27H2,2-3H3,(H,45,47,50)(H,49,56,57). The number of nitrogens with zero attached hydrogens (tertiary/aromatic N) is 8. The fraction of sp³-hybridized carbons (Fsp3) is 0.395. The van der Waals surface area contributed by atoms with Crippen molar-refractivity contribution in [3.8, 4) is 5.82 Å². The van der Waals surface area contributed by atoms with Crippen LogP contribution in [0.25, 0.3) is 16.9 Å². The number of rotatable bonds is 12. The van der Waals surface area contributed by atoms with E-state index in [2.05, 4.69) is 59.3 Å². The van der Waals surface area contributed by atoms with Crippen LogP contribution in [0.15, 0.2) is 84.3 Å². The Morgan fingerprint density at radius 2 is 1.68 bits per heavy atom. The van der Waals surface area contributed by atoms with E-state index in [4.69, 9.17) is 16.6 Å². The van der Waals surface area contributed by atoms with Gasteiger partial charge in [-0.15, -0.1) is 6.58 Å². The van der Waals surface area contributed by atoms with E-state index in [-0.39, 0.29) is 23.9 Å². The zero-order valence-electron chi connectivity index (χ0n) is 33.4. The third-order valence-corrected chi connectivity index (χ3v) is 11.7. The van der Waals surface area contributed by atoms with Crippen molar-refractivity contribution in [3.63, 3.8) is 0 Å². The molecule has 0 saturated carbocycles. The highest BCUT2D eigenvalue weighted by Gasteiger charge is 2.28. The molecule has 3 aliphatic rings. The van der Waals surface area contributed by atoms with Gasteiger partial charge in [0.15, 0.2) is 11.5 Å². The Bertz CT molecular complexity index is 2410. The quantitative estimate of drug-likeness (QED) is 0.0981. The van der Waals surface area contributed by atoms with Gasteiger partial charge in [0, 0.05) is 75.5 Å². The molecule has 4 N–H and O–H groups in total. The molecule has 8 rings (SSSR count). The van der Waals surface area contributed by atoms with Crippen molar-refractivity contribution < 1.29 is 14.7 Å². The number of halogens is 1. The summed E-state index contributed by atoms with van der Waals surface area (Å²) in [4.78, 5) is 58.3. The first kappa shape index (κ1) is 40.0. The van der Waals surface area contributed by atoms with Crippen LogP contribution in [0.5, 0.6) is 0 Å². The molecule has 1 unspecified atom stereocenters. The number of allylic oxidation sites excluding steroid dienone is 1. The summed E-state index contributed by atoms with van der Waals surface area (Å²) in [6.45, 7) is 14.3. The summed E-state index contributed by atoms with van der Waals surface area (Å²) in [5.41, 5.74) is 3.19. The van der Waals surface area contributed by atoms with E-state index in [1.54, 1.807) is 42.8 Å². The molecule has 6 heterocycles. The molecule has 0 aliphatic carbocycles. The van der Waals surface area contributed by atoms with E-state index >= 15 is 0 Å². The van der Waals surface area contributed by atoms with Gasteiger partial charge in [0.2, 0.25) is 17.8 Å². The molecule has 3 saturated heterocycles. The monoisotopic (exact) mass is 819 g/mol. The van der Waals surface area contributed by atoms with Gasteiger partial charge in [0.1, 0.15) is 17.0 Å². The van der Waals surface area contributed by atoms with E-state index in [1.165, 1.54) is 10.9 Å². The van der Waals surface area contributed by atoms with Gasteiger partial charge in [-0.25, -0.2) is 19.3 Å². The third-order valence-electron chi connectivity index (χ3n) is 11.4. The van der Waals surface area contributed by atoms with E-state index < -0.39 is 11.6 Å². The number of piperazine rings is 1. The maximum Gasteiger partial charge on any atom is 0.278 e. The summed E-state index contributed by atoms with van der Waals surface area (Å²) in [5.74, 6) is 0.888. The molecular formula is C43H50ClN11O4. The first-order valence-electron chi connectivity index (χ1n) is 20.2. The summed E-state index contributed by atoms with van der Waals surface area (Å²) < 4.78 is 3.16. The van der Waals surface area contributed by atoms with Crippen LogP contribution >= 0.6 is 11.6 Å². The number of amides is 2. The highest BCUT2D eigenvalue weighted by molar-refractivity contribution is 6.33. The SMILES string of the molecule is C=CCn1c(=O)c2cnc(Nc3ccc(N4CCN(CC5CCN(c6ccc(NC7CCC(=O)NC7=O)cc6Cl)CC5)CC4)cc3)nc2n1-c1cccc(C(C)(C)O)n1. The molecule has 3 aliphatic heterocycles. The molecule has 16 heteroatoms. The number of carbonyl (C=O) groups is 2. The van der Waals surface area contributed by atoms with Gasteiger partial charge in [-0.2, -0.15) is 4.98 Å². The predicted molar refractivity (Wildman–Crippen MR) is 231 cm³/mol. The second kappa shape index (κ2) is 16.8. The molecule has 2 amide bonds. The highest BCUT2D eigenvalue weighted by Crippen LogP contribution is 2.33. The van der Waals surface area contributed by atoms with Crippen LogP contribution in [-0.4, -0.2) is 98.0 Å². The molecule has 1 atom stereocenters. The van der Waals surface area contributed by atoms with Crippen molar-refractivity contribution in [3.05, 3.63) is 101 Å². The minimum Gasteiger partial charge on any atom is -0.384 e. The van der Waals surface area contributed by atoms with Gasteiger partial charge in [-0.3, -0.25) is 24.6 Å². The molecule has 0 radical (unpaired) electrons. The number of aliphatic hydroxyl groups is 1. The van der Waals surface area contributed by atoms with Crippen LogP contribution in [0.2, 0.25) is 5.02 Å². The lowest BCUT2D eigenvalue weighted by molar-refractivity contribution is -0.133. The lowest BCUT2D eigenvalue weighted by Crippen LogP contribution is -2.49. The third kappa shape index (κ3) is 8.82. The van der Waals surface area contributed by atoms with Crippen LogP contribution in [0.4, 0.5) is 28.7 Å². The van der Waals surface area contributed by atoms with E-state index in [9.17, 15) is 19.5 Å². The molecule has 308 valence electrons. The van der Waals surface area contributed by atoms with Crippen molar-refractivity contribution in [2.45, 2.75) is 57.7 Å². The summed E-state index contributed by atoms with van der Waals surface area (Å²) in [7, 11) is 0. The number of pyridine rings is 1. The summed E-state index contributed by atoms with van der Waals surface area (Å²) in [6.07, 6.45) is 6.16. The Labute approximate surface area is 347 Å². The van der Waals surface area contributed by atoms with Crippen LogP contribution in [0.1, 0.15) is 45.2 Å². The Kier molecular flexibility index (Phi) is 11.4. The van der Waals surface area contributed by atoms with Gasteiger partial charge in [0.05, 0.1) is 22.9 Å². The maximum atomic E-state index is 13.4. The Morgan fingerprint density at radius 1 is 0.932 bits per heavy atom. The highest BCUT2D eigenvalue weighted by atomic mass is 35.5. The molecule has 2 aromatic carbocycles. The second-order valence-electron chi connectivity index (χ2n) is 16.1. The number of aromatic nitrogens is 5. The average Bonchev–Trinajstić information content (AvgIpc) is 3.49. The number of carbonyl (C=O) groups excluding carboxylic acids is 2. The zero-order valence-corrected chi connectivity index (χ0v) is 34.2. The summed E-state index contributed by atoms with van der Waals surface area (Å²) in [6, 6.07) is 19.0. The molecular weight excluding hydrogens is 770 g/mol. The van der Waals surface area contributed by atoms with Gasteiger partial charge in [0.25, 0.3) is 5.56 Å². The van der Waals surface area contributed by atoms with Gasteiger partial charge in [-0.05, 0) is 93.6 Å². The van der Waals surface area contributed by atoms with Crippen molar-refractivity contribution in [2.24, 2.45) is 5.92 Å². The van der Waals surface area contributed by atoms with Crippen LogP contribution < -0.4 is 31.3 Å². The van der Waals surface area contributed by atoms with Crippen molar-refractivity contribution in [1.82, 2.24) is 34.5 Å². The minimum absolute atomic E-state index is 0.231. The number of hydrogen-bond acceptors (Lipinski definition) is 12. The summed E-state index contributed by atoms with van der Waals surface area (Å²) in [5, 5.41) is 20.5. The van der Waals surface area contributed by atoms with E-state index in [0.29, 0.717) is 52.3 Å². The largest absolute Gasteiger partial charge is 0.384 e. The van der Waals surface area contributed by atoms with Gasteiger partial charge in [-0.1, -0.05) is 23.7 Å². The fourth-order valence-corrected chi connectivity index (χ4v) is 8.47. The first-order valence-corrected chi connectivity index (χ1v) is 20.6. The number of fused-ring (bicyclic) bond motifs is 1. The summed E-state index contributed by atoms with van der Waals surface area (Å²) >= 11 is 6.73. The van der Waals surface area contributed by atoms with Crippen molar-refractivity contribution >= 4 is 63.1 Å². The molecule has 0 spiro atoms. The van der Waals surface area contributed by atoms with Crippen LogP contribution in [-0.2, 0) is 21.7 Å². The number of benzene rings is 2. The molecule has 5 aromatic rings. The van der Waals surface area contributed by atoms with E-state index in [1.807, 2.05) is 30.3 Å². The number of nitrogens with one attached hydrogen (secondary N) is 3. The maximum absolute atomic E-state index is 13.4. The molecule has 15 nitrogen and oxygen atoms in total. The Balaban J connectivity index is 0.838. The number of imide groups is 1. The second-order valence-corrected chi connectivity index (χ2v) is 16.5. The molecule has 3 fully saturated rings. The Morgan fingerprint density at radius 3 is 2.37 bits per heavy atom. The van der Waals surface area contributed by atoms with Crippen LogP contribution in [0.3, 0.4) is 0 Å². The van der Waals surface area contributed by atoms with Gasteiger partial charge < -0.3 is 25.5 Å². The first-order chi connectivity index (χ1) is 28.4. The van der Waals surface area contributed by atoms with Crippen molar-refractivity contribution in [2.75, 3.05) is 66.2 Å². The molecule has 0 bridgehead atoms. The smallest absolute Gasteiger partial charge is 0.278 e. The Hall–Kier alpha value is -5.77. The lowest BCUT2D eigenvalue weighted by Gasteiger charge is -2.40. The minimum atomic E-state index is -1.17. The topological polar surface area (TPSA) is 166 Å². The zero-order chi connectivity index (χ0) is 41.3. The van der Waals surface area contributed by atoms with Crippen molar-refractivity contribution in [1.29, 1.82) is 0 Å². The number of anilines is 5. The fourth-order valence-electron chi connectivity index (χ4n) is 8.17. The lowest BCUT2D eigenvalue weighted by atomic mass is 9.95. The normalized spacial score (nSPS) is 18.3.